The van der Waals surface area contributed by atoms with E-state index in [0.29, 0.717) is 17.8 Å². The van der Waals surface area contributed by atoms with Crippen molar-refractivity contribution in [3.63, 3.8) is 0 Å². The lowest BCUT2D eigenvalue weighted by Crippen LogP contribution is -2.30. The predicted molar refractivity (Wildman–Crippen MR) is 63.8 cm³/mol. The zero-order valence-corrected chi connectivity index (χ0v) is 9.57. The molecular weight excluding hydrogens is 203 g/mol. The molecule has 0 aliphatic carbocycles. The van der Waals surface area contributed by atoms with Gasteiger partial charge in [-0.15, -0.1) is 6.58 Å². The molecule has 84 valence electrons. The summed E-state index contributed by atoms with van der Waals surface area (Å²) in [5.74, 6) is -0.385. The third kappa shape index (κ3) is 2.83. The molecule has 0 bridgehead atoms. The van der Waals surface area contributed by atoms with Gasteiger partial charge in [0.1, 0.15) is 5.82 Å². The minimum absolute atomic E-state index is 0.228. The van der Waals surface area contributed by atoms with Crippen molar-refractivity contribution in [1.82, 2.24) is 0 Å². The van der Waals surface area contributed by atoms with Gasteiger partial charge in [0.15, 0.2) is 0 Å². The molecule has 0 heterocycles. The number of benzene rings is 1. The quantitative estimate of drug-likeness (QED) is 0.726. The van der Waals surface area contributed by atoms with Gasteiger partial charge in [-0.2, -0.15) is 5.26 Å². The van der Waals surface area contributed by atoms with E-state index < -0.39 is 0 Å². The van der Waals surface area contributed by atoms with E-state index in [2.05, 4.69) is 6.58 Å². The molecule has 0 spiro atoms. The first-order valence-corrected chi connectivity index (χ1v) is 5.16. The Morgan fingerprint density at radius 1 is 1.50 bits per heavy atom. The van der Waals surface area contributed by atoms with Gasteiger partial charge in [-0.3, -0.25) is 0 Å². The van der Waals surface area contributed by atoms with Crippen LogP contribution in [0.2, 0.25) is 0 Å². The van der Waals surface area contributed by atoms with Gasteiger partial charge in [-0.05, 0) is 32.0 Å². The Labute approximate surface area is 95.6 Å². The maximum atomic E-state index is 13.3. The van der Waals surface area contributed by atoms with Gasteiger partial charge in [-0.25, -0.2) is 4.39 Å². The highest BCUT2D eigenvalue weighted by Gasteiger charge is 2.11. The first-order chi connectivity index (χ1) is 7.58. The van der Waals surface area contributed by atoms with Crippen molar-refractivity contribution in [2.75, 3.05) is 11.4 Å². The summed E-state index contributed by atoms with van der Waals surface area (Å²) >= 11 is 0. The van der Waals surface area contributed by atoms with Crippen molar-refractivity contribution in [2.45, 2.75) is 19.9 Å². The van der Waals surface area contributed by atoms with Crippen molar-refractivity contribution in [3.05, 3.63) is 42.2 Å². The van der Waals surface area contributed by atoms with E-state index in [-0.39, 0.29) is 11.9 Å². The van der Waals surface area contributed by atoms with Gasteiger partial charge in [0, 0.05) is 18.3 Å². The number of nitriles is 1. The number of rotatable bonds is 4. The number of nitrogens with zero attached hydrogens (tertiary/aromatic N) is 2. The largest absolute Gasteiger partial charge is 0.365 e. The molecule has 0 N–H and O–H groups in total. The maximum Gasteiger partial charge on any atom is 0.126 e. The lowest BCUT2D eigenvalue weighted by atomic mass is 10.1. The van der Waals surface area contributed by atoms with Crippen LogP contribution >= 0.6 is 0 Å². The van der Waals surface area contributed by atoms with E-state index in [4.69, 9.17) is 5.26 Å². The van der Waals surface area contributed by atoms with E-state index in [0.717, 1.165) is 0 Å². The Kier molecular flexibility index (Phi) is 4.07. The summed E-state index contributed by atoms with van der Waals surface area (Å²) in [4.78, 5) is 1.98. The number of hydrogen-bond acceptors (Lipinski definition) is 2. The normalized spacial score (nSPS) is 9.94. The zero-order chi connectivity index (χ0) is 12.1. The monoisotopic (exact) mass is 218 g/mol. The Morgan fingerprint density at radius 3 is 2.69 bits per heavy atom. The van der Waals surface area contributed by atoms with Crippen molar-refractivity contribution in [2.24, 2.45) is 0 Å². The van der Waals surface area contributed by atoms with Crippen molar-refractivity contribution >= 4 is 5.69 Å². The number of halogens is 1. The Hall–Kier alpha value is -1.82. The summed E-state index contributed by atoms with van der Waals surface area (Å²) in [5, 5.41) is 8.78. The van der Waals surface area contributed by atoms with Crippen LogP contribution in [0.15, 0.2) is 30.9 Å². The Morgan fingerprint density at radius 2 is 2.19 bits per heavy atom. The van der Waals surface area contributed by atoms with E-state index in [1.165, 1.54) is 12.1 Å². The van der Waals surface area contributed by atoms with Crippen LogP contribution in [0.5, 0.6) is 0 Å². The molecule has 2 nitrogen and oxygen atoms in total. The molecule has 0 radical (unpaired) electrons. The van der Waals surface area contributed by atoms with Crippen molar-refractivity contribution in [1.29, 1.82) is 5.26 Å². The first kappa shape index (κ1) is 12.3. The summed E-state index contributed by atoms with van der Waals surface area (Å²) in [6.45, 7) is 8.33. The third-order valence-corrected chi connectivity index (χ3v) is 2.29. The molecule has 1 aromatic carbocycles. The van der Waals surface area contributed by atoms with E-state index in [1.807, 2.05) is 24.8 Å². The van der Waals surface area contributed by atoms with Crippen LogP contribution in [0.25, 0.3) is 0 Å². The molecular formula is C13H15FN2. The molecule has 1 rings (SSSR count). The molecule has 0 fully saturated rings. The molecule has 1 aromatic rings. The topological polar surface area (TPSA) is 27.0 Å². The second kappa shape index (κ2) is 5.32. The van der Waals surface area contributed by atoms with Crippen molar-refractivity contribution in [3.8, 4) is 6.07 Å². The van der Waals surface area contributed by atoms with E-state index in [1.54, 1.807) is 12.1 Å². The maximum absolute atomic E-state index is 13.3. The average Bonchev–Trinajstić information content (AvgIpc) is 2.24. The standard InChI is InChI=1S/C13H15FN2/c1-4-5-16(10(2)3)13-7-11(9-15)6-12(14)8-13/h4,6-8,10H,1,5H2,2-3H3. The highest BCUT2D eigenvalue weighted by atomic mass is 19.1. The molecule has 0 unspecified atom stereocenters. The van der Waals surface area contributed by atoms with Crippen LogP contribution in [-0.4, -0.2) is 12.6 Å². The number of hydrogen-bond donors (Lipinski definition) is 0. The predicted octanol–water partition coefficient (Wildman–Crippen LogP) is 3.10. The van der Waals surface area contributed by atoms with Crippen LogP contribution in [-0.2, 0) is 0 Å². The van der Waals surface area contributed by atoms with E-state index >= 15 is 0 Å². The summed E-state index contributed by atoms with van der Waals surface area (Å²) < 4.78 is 13.3. The smallest absolute Gasteiger partial charge is 0.126 e. The molecule has 16 heavy (non-hydrogen) atoms. The fourth-order valence-corrected chi connectivity index (χ4v) is 1.56. The second-order valence-corrected chi connectivity index (χ2v) is 3.84. The van der Waals surface area contributed by atoms with Crippen LogP contribution in [0.4, 0.5) is 10.1 Å². The van der Waals surface area contributed by atoms with Crippen LogP contribution in [0, 0.1) is 17.1 Å². The first-order valence-electron chi connectivity index (χ1n) is 5.16. The van der Waals surface area contributed by atoms with Gasteiger partial charge in [0.05, 0.1) is 11.6 Å². The SMILES string of the molecule is C=CCN(c1cc(F)cc(C#N)c1)C(C)C. The molecule has 3 heteroatoms. The summed E-state index contributed by atoms with van der Waals surface area (Å²) in [6.07, 6.45) is 1.76. The molecule has 0 saturated heterocycles. The highest BCUT2D eigenvalue weighted by Crippen LogP contribution is 2.20. The molecule has 0 saturated carbocycles. The molecule has 0 aromatic heterocycles. The van der Waals surface area contributed by atoms with Gasteiger partial charge < -0.3 is 4.90 Å². The molecule has 0 atom stereocenters. The van der Waals surface area contributed by atoms with Crippen LogP contribution in [0.1, 0.15) is 19.4 Å². The Bertz CT molecular complexity index is 418. The fraction of sp³-hybridized carbons (Fsp3) is 0.308. The summed E-state index contributed by atoms with van der Waals surface area (Å²) in [6, 6.07) is 6.53. The van der Waals surface area contributed by atoms with Gasteiger partial charge in [0.2, 0.25) is 0 Å². The lowest BCUT2D eigenvalue weighted by Gasteiger charge is -2.27. The molecule has 0 amide bonds. The second-order valence-electron chi connectivity index (χ2n) is 3.84. The van der Waals surface area contributed by atoms with Crippen LogP contribution < -0.4 is 4.90 Å². The summed E-state index contributed by atoms with van der Waals surface area (Å²) in [7, 11) is 0. The minimum Gasteiger partial charge on any atom is -0.365 e. The number of anilines is 1. The van der Waals surface area contributed by atoms with Gasteiger partial charge >= 0.3 is 0 Å². The van der Waals surface area contributed by atoms with Crippen LogP contribution in [0.3, 0.4) is 0 Å². The summed E-state index contributed by atoms with van der Waals surface area (Å²) in [5.41, 5.74) is 1.05. The highest BCUT2D eigenvalue weighted by molar-refractivity contribution is 5.53. The third-order valence-electron chi connectivity index (χ3n) is 2.29. The van der Waals surface area contributed by atoms with Gasteiger partial charge in [-0.1, -0.05) is 6.08 Å². The lowest BCUT2D eigenvalue weighted by molar-refractivity contribution is 0.624. The Balaban J connectivity index is 3.14. The molecule has 0 aliphatic heterocycles. The fourth-order valence-electron chi connectivity index (χ4n) is 1.56. The molecule has 0 aliphatic rings. The van der Waals surface area contributed by atoms with Gasteiger partial charge in [0.25, 0.3) is 0 Å². The zero-order valence-electron chi connectivity index (χ0n) is 9.57. The van der Waals surface area contributed by atoms with E-state index in [9.17, 15) is 4.39 Å². The minimum atomic E-state index is -0.385. The van der Waals surface area contributed by atoms with Crippen molar-refractivity contribution < 1.29 is 4.39 Å². The average molecular weight is 218 g/mol.